The molecule has 0 amide bonds. The van der Waals surface area contributed by atoms with Crippen molar-refractivity contribution in [1.82, 2.24) is 15.2 Å². The molecule has 1 aromatic heterocycles. The summed E-state index contributed by atoms with van der Waals surface area (Å²) in [5.74, 6) is 2.16. The van der Waals surface area contributed by atoms with Gasteiger partial charge >= 0.3 is 0 Å². The summed E-state index contributed by atoms with van der Waals surface area (Å²) in [6, 6.07) is 8.87. The maximum absolute atomic E-state index is 11.1. The van der Waals surface area contributed by atoms with Gasteiger partial charge in [0.25, 0.3) is 5.69 Å². The molecular weight excluding hydrogens is 366 g/mol. The van der Waals surface area contributed by atoms with Gasteiger partial charge in [-0.05, 0) is 23.8 Å². The summed E-state index contributed by atoms with van der Waals surface area (Å²) < 4.78 is 15.8. The van der Waals surface area contributed by atoms with E-state index < -0.39 is 11.0 Å². The predicted octanol–water partition coefficient (Wildman–Crippen LogP) is 2.45. The Hall–Kier alpha value is -3.66. The van der Waals surface area contributed by atoms with Crippen molar-refractivity contribution in [3.8, 4) is 28.6 Å². The SMILES string of the molecule is COc1ccc([C@H](N)c2nc(-c3cc([N+](=O)[O-])ccc3OC)n[nH]2)cc1OC. The minimum atomic E-state index is -0.620. The number of nitrogens with zero attached hydrogens (tertiary/aromatic N) is 3. The number of benzene rings is 2. The maximum atomic E-state index is 11.1. The molecule has 0 aliphatic carbocycles. The molecule has 3 rings (SSSR count). The number of aromatic amines is 1. The monoisotopic (exact) mass is 385 g/mol. The van der Waals surface area contributed by atoms with Gasteiger partial charge in [0.15, 0.2) is 17.3 Å². The number of nitrogens with one attached hydrogen (secondary N) is 1. The highest BCUT2D eigenvalue weighted by Gasteiger charge is 2.20. The molecule has 2 aromatic carbocycles. The lowest BCUT2D eigenvalue weighted by molar-refractivity contribution is -0.384. The highest BCUT2D eigenvalue weighted by atomic mass is 16.6. The van der Waals surface area contributed by atoms with Gasteiger partial charge in [-0.1, -0.05) is 6.07 Å². The van der Waals surface area contributed by atoms with Gasteiger partial charge in [-0.25, -0.2) is 4.98 Å². The van der Waals surface area contributed by atoms with Gasteiger partial charge in [0, 0.05) is 12.1 Å². The molecule has 0 bridgehead atoms. The van der Waals surface area contributed by atoms with Gasteiger partial charge in [-0.3, -0.25) is 15.2 Å². The first-order chi connectivity index (χ1) is 13.5. The van der Waals surface area contributed by atoms with Crippen molar-refractivity contribution in [3.63, 3.8) is 0 Å². The van der Waals surface area contributed by atoms with E-state index >= 15 is 0 Å². The van der Waals surface area contributed by atoms with E-state index in [0.717, 1.165) is 5.56 Å². The van der Waals surface area contributed by atoms with E-state index in [1.54, 1.807) is 25.3 Å². The van der Waals surface area contributed by atoms with Gasteiger partial charge in [-0.15, -0.1) is 0 Å². The Labute approximate surface area is 160 Å². The highest BCUT2D eigenvalue weighted by molar-refractivity contribution is 5.67. The van der Waals surface area contributed by atoms with Crippen molar-refractivity contribution in [2.75, 3.05) is 21.3 Å². The molecule has 146 valence electrons. The van der Waals surface area contributed by atoms with Crippen LogP contribution in [-0.2, 0) is 0 Å². The maximum Gasteiger partial charge on any atom is 0.270 e. The van der Waals surface area contributed by atoms with E-state index in [0.29, 0.717) is 28.6 Å². The van der Waals surface area contributed by atoms with E-state index in [9.17, 15) is 10.1 Å². The fraction of sp³-hybridized carbons (Fsp3) is 0.222. The number of aromatic nitrogens is 3. The molecular formula is C18H19N5O5. The number of rotatable bonds is 7. The molecule has 0 saturated carbocycles. The molecule has 1 heterocycles. The summed E-state index contributed by atoms with van der Waals surface area (Å²) in [5, 5.41) is 18.0. The van der Waals surface area contributed by atoms with E-state index in [4.69, 9.17) is 19.9 Å². The molecule has 0 spiro atoms. The van der Waals surface area contributed by atoms with Crippen LogP contribution in [0.5, 0.6) is 17.2 Å². The summed E-state index contributed by atoms with van der Waals surface area (Å²) in [4.78, 5) is 15.0. The smallest absolute Gasteiger partial charge is 0.270 e. The molecule has 10 heteroatoms. The van der Waals surface area contributed by atoms with Gasteiger partial charge in [-0.2, -0.15) is 5.10 Å². The second-order valence-corrected chi connectivity index (χ2v) is 5.78. The molecule has 0 aliphatic rings. The largest absolute Gasteiger partial charge is 0.496 e. The van der Waals surface area contributed by atoms with Gasteiger partial charge in [0.05, 0.1) is 37.9 Å². The molecule has 1 atom stereocenters. The van der Waals surface area contributed by atoms with E-state index in [1.807, 2.05) is 0 Å². The lowest BCUT2D eigenvalue weighted by Gasteiger charge is -2.13. The fourth-order valence-corrected chi connectivity index (χ4v) is 2.72. The lowest BCUT2D eigenvalue weighted by Crippen LogP contribution is -2.14. The lowest BCUT2D eigenvalue weighted by atomic mass is 10.1. The Kier molecular flexibility index (Phi) is 5.41. The Morgan fingerprint density at radius 3 is 2.36 bits per heavy atom. The van der Waals surface area contributed by atoms with Crippen LogP contribution in [0.3, 0.4) is 0 Å². The Morgan fingerprint density at radius 1 is 1.04 bits per heavy atom. The molecule has 28 heavy (non-hydrogen) atoms. The quantitative estimate of drug-likeness (QED) is 0.467. The van der Waals surface area contributed by atoms with Crippen LogP contribution in [-0.4, -0.2) is 41.4 Å². The third-order valence-electron chi connectivity index (χ3n) is 4.20. The van der Waals surface area contributed by atoms with Crippen molar-refractivity contribution in [1.29, 1.82) is 0 Å². The first-order valence-electron chi connectivity index (χ1n) is 8.21. The minimum absolute atomic E-state index is 0.0914. The second kappa shape index (κ2) is 7.92. The number of methoxy groups -OCH3 is 3. The van der Waals surface area contributed by atoms with Crippen LogP contribution in [0.1, 0.15) is 17.4 Å². The predicted molar refractivity (Wildman–Crippen MR) is 101 cm³/mol. The normalized spacial score (nSPS) is 11.7. The van der Waals surface area contributed by atoms with Crippen LogP contribution < -0.4 is 19.9 Å². The standard InChI is InChI=1S/C18H19N5O5/c1-26-13-7-5-11(23(24)25)9-12(13)17-20-18(22-21-17)16(19)10-4-6-14(27-2)15(8-10)28-3/h4-9,16H,19H2,1-3H3,(H,20,21,22)/t16-/m0/s1. The molecule has 0 fully saturated rings. The Balaban J connectivity index is 1.96. The van der Waals surface area contributed by atoms with Crippen LogP contribution >= 0.6 is 0 Å². The number of hydrogen-bond acceptors (Lipinski definition) is 8. The number of H-pyrrole nitrogens is 1. The molecule has 10 nitrogen and oxygen atoms in total. The summed E-state index contributed by atoms with van der Waals surface area (Å²) in [7, 11) is 4.55. The van der Waals surface area contributed by atoms with Crippen molar-refractivity contribution in [2.24, 2.45) is 5.73 Å². The zero-order chi connectivity index (χ0) is 20.3. The van der Waals surface area contributed by atoms with Crippen LogP contribution in [0, 0.1) is 10.1 Å². The number of ether oxygens (including phenoxy) is 3. The first-order valence-corrected chi connectivity index (χ1v) is 8.21. The van der Waals surface area contributed by atoms with E-state index in [1.165, 1.54) is 32.4 Å². The average Bonchev–Trinajstić information content (AvgIpc) is 3.22. The van der Waals surface area contributed by atoms with Crippen molar-refractivity contribution in [3.05, 3.63) is 57.9 Å². The Bertz CT molecular complexity index is 1000. The average molecular weight is 385 g/mol. The number of non-ortho nitro benzene ring substituents is 1. The number of nitrogens with two attached hydrogens (primary N) is 1. The first kappa shape index (κ1) is 19.1. The van der Waals surface area contributed by atoms with Gasteiger partial charge < -0.3 is 19.9 Å². The second-order valence-electron chi connectivity index (χ2n) is 5.78. The number of nitro groups is 1. The van der Waals surface area contributed by atoms with Crippen molar-refractivity contribution >= 4 is 5.69 Å². The van der Waals surface area contributed by atoms with E-state index in [2.05, 4.69) is 15.2 Å². The van der Waals surface area contributed by atoms with Crippen LogP contribution in [0.4, 0.5) is 5.69 Å². The zero-order valence-corrected chi connectivity index (χ0v) is 15.5. The molecule has 0 unspecified atom stereocenters. The zero-order valence-electron chi connectivity index (χ0n) is 15.5. The fourth-order valence-electron chi connectivity index (χ4n) is 2.72. The summed E-state index contributed by atoms with van der Waals surface area (Å²) in [6.07, 6.45) is 0. The van der Waals surface area contributed by atoms with Crippen molar-refractivity contribution < 1.29 is 19.1 Å². The van der Waals surface area contributed by atoms with Crippen LogP contribution in [0.25, 0.3) is 11.4 Å². The molecule has 0 saturated heterocycles. The third kappa shape index (κ3) is 3.58. The highest BCUT2D eigenvalue weighted by Crippen LogP contribution is 2.33. The molecule has 3 N–H and O–H groups in total. The molecule has 0 aliphatic heterocycles. The number of nitro benzene ring substituents is 1. The van der Waals surface area contributed by atoms with Gasteiger partial charge in [0.2, 0.25) is 0 Å². The van der Waals surface area contributed by atoms with Gasteiger partial charge in [0.1, 0.15) is 11.6 Å². The molecule has 0 radical (unpaired) electrons. The topological polar surface area (TPSA) is 138 Å². The summed E-state index contributed by atoms with van der Waals surface area (Å²) >= 11 is 0. The summed E-state index contributed by atoms with van der Waals surface area (Å²) in [6.45, 7) is 0. The Morgan fingerprint density at radius 2 is 1.71 bits per heavy atom. The van der Waals surface area contributed by atoms with Crippen LogP contribution in [0.15, 0.2) is 36.4 Å². The minimum Gasteiger partial charge on any atom is -0.496 e. The van der Waals surface area contributed by atoms with E-state index in [-0.39, 0.29) is 11.5 Å². The summed E-state index contributed by atoms with van der Waals surface area (Å²) in [5.41, 5.74) is 7.33. The van der Waals surface area contributed by atoms with Crippen molar-refractivity contribution in [2.45, 2.75) is 6.04 Å². The number of hydrogen-bond donors (Lipinski definition) is 2. The third-order valence-corrected chi connectivity index (χ3v) is 4.20. The molecule has 3 aromatic rings. The van der Waals surface area contributed by atoms with Crippen LogP contribution in [0.2, 0.25) is 0 Å².